The molecule has 0 aromatic rings. The zero-order valence-corrected chi connectivity index (χ0v) is 9.04. The minimum atomic E-state index is 0.153. The van der Waals surface area contributed by atoms with E-state index in [9.17, 15) is 4.79 Å². The van der Waals surface area contributed by atoms with Gasteiger partial charge in [0, 0.05) is 32.3 Å². The second-order valence-electron chi connectivity index (χ2n) is 4.27. The van der Waals surface area contributed by atoms with Crippen LogP contribution in [-0.2, 0) is 14.3 Å². The Morgan fingerprint density at radius 3 is 2.67 bits per heavy atom. The van der Waals surface area contributed by atoms with Crippen LogP contribution in [0.4, 0.5) is 0 Å². The van der Waals surface area contributed by atoms with Crippen LogP contribution in [0.3, 0.4) is 0 Å². The quantitative estimate of drug-likeness (QED) is 0.751. The second kappa shape index (κ2) is 5.47. The van der Waals surface area contributed by atoms with Gasteiger partial charge in [-0.25, -0.2) is 0 Å². The molecule has 0 aliphatic carbocycles. The smallest absolute Gasteiger partial charge is 0.223 e. The first-order valence-electron chi connectivity index (χ1n) is 5.83. The Hall–Kier alpha value is -0.610. The van der Waals surface area contributed by atoms with Gasteiger partial charge in [0.25, 0.3) is 0 Å². The van der Waals surface area contributed by atoms with Crippen molar-refractivity contribution in [1.29, 1.82) is 0 Å². The fraction of sp³-hybridized carbons (Fsp3) is 0.909. The average Bonchev–Trinajstić information content (AvgIpc) is 2.80. The molecule has 2 fully saturated rings. The molecule has 2 heterocycles. The van der Waals surface area contributed by atoms with Gasteiger partial charge in [-0.2, -0.15) is 0 Å². The lowest BCUT2D eigenvalue weighted by Crippen LogP contribution is -2.38. The van der Waals surface area contributed by atoms with Crippen LogP contribution in [-0.4, -0.2) is 38.4 Å². The second-order valence-corrected chi connectivity index (χ2v) is 4.27. The highest BCUT2D eigenvalue weighted by atomic mass is 16.5. The predicted molar refractivity (Wildman–Crippen MR) is 55.5 cm³/mol. The summed E-state index contributed by atoms with van der Waals surface area (Å²) >= 11 is 0. The first-order chi connectivity index (χ1) is 7.36. The maximum Gasteiger partial charge on any atom is 0.223 e. The van der Waals surface area contributed by atoms with Crippen molar-refractivity contribution in [1.82, 2.24) is 5.32 Å². The van der Waals surface area contributed by atoms with Crippen LogP contribution in [0, 0.1) is 5.92 Å². The molecular weight excluding hydrogens is 194 g/mol. The summed E-state index contributed by atoms with van der Waals surface area (Å²) in [7, 11) is 0. The number of nitrogens with one attached hydrogen (secondary N) is 1. The predicted octanol–water partition coefficient (Wildman–Crippen LogP) is 0.708. The largest absolute Gasteiger partial charge is 0.381 e. The minimum Gasteiger partial charge on any atom is -0.381 e. The van der Waals surface area contributed by atoms with Crippen molar-refractivity contribution in [3.05, 3.63) is 0 Å². The Labute approximate surface area is 90.3 Å². The minimum absolute atomic E-state index is 0.153. The fourth-order valence-electron chi connectivity index (χ4n) is 2.12. The summed E-state index contributed by atoms with van der Waals surface area (Å²) in [5, 5.41) is 2.97. The lowest BCUT2D eigenvalue weighted by Gasteiger charge is -2.22. The Morgan fingerprint density at radius 1 is 1.20 bits per heavy atom. The number of amides is 1. The normalized spacial score (nSPS) is 27.9. The molecule has 1 unspecified atom stereocenters. The molecule has 2 saturated heterocycles. The van der Waals surface area contributed by atoms with Gasteiger partial charge in [0.2, 0.25) is 5.91 Å². The van der Waals surface area contributed by atoms with Gasteiger partial charge in [0.05, 0.1) is 6.10 Å². The van der Waals surface area contributed by atoms with Crippen molar-refractivity contribution in [3.8, 4) is 0 Å². The van der Waals surface area contributed by atoms with Crippen molar-refractivity contribution < 1.29 is 14.3 Å². The number of carbonyl (C=O) groups is 1. The summed E-state index contributed by atoms with van der Waals surface area (Å²) in [6.45, 7) is 2.96. The Kier molecular flexibility index (Phi) is 3.97. The van der Waals surface area contributed by atoms with Crippen molar-refractivity contribution in [2.45, 2.75) is 31.8 Å². The van der Waals surface area contributed by atoms with Crippen LogP contribution in [0.5, 0.6) is 0 Å². The monoisotopic (exact) mass is 213 g/mol. The molecule has 4 nitrogen and oxygen atoms in total. The van der Waals surface area contributed by atoms with Gasteiger partial charge in [-0.15, -0.1) is 0 Å². The third-order valence-corrected chi connectivity index (χ3v) is 3.12. The van der Waals surface area contributed by atoms with E-state index >= 15 is 0 Å². The summed E-state index contributed by atoms with van der Waals surface area (Å²) in [4.78, 5) is 11.7. The lowest BCUT2D eigenvalue weighted by atomic mass is 9.99. The molecule has 0 bridgehead atoms. The molecule has 0 radical (unpaired) electrons. The van der Waals surface area contributed by atoms with Gasteiger partial charge in [-0.05, 0) is 25.7 Å². The molecule has 1 N–H and O–H groups in total. The van der Waals surface area contributed by atoms with Crippen molar-refractivity contribution in [3.63, 3.8) is 0 Å². The van der Waals surface area contributed by atoms with E-state index in [1.165, 1.54) is 0 Å². The number of carbonyl (C=O) groups excluding carboxylic acids is 1. The molecule has 1 amide bonds. The summed E-state index contributed by atoms with van der Waals surface area (Å²) in [6.07, 6.45) is 4.16. The Morgan fingerprint density at radius 2 is 2.00 bits per heavy atom. The van der Waals surface area contributed by atoms with E-state index in [0.717, 1.165) is 45.5 Å². The first-order valence-corrected chi connectivity index (χ1v) is 5.83. The summed E-state index contributed by atoms with van der Waals surface area (Å²) in [5.41, 5.74) is 0. The zero-order chi connectivity index (χ0) is 10.5. The van der Waals surface area contributed by atoms with Gasteiger partial charge in [-0.1, -0.05) is 0 Å². The van der Waals surface area contributed by atoms with Crippen LogP contribution < -0.4 is 5.32 Å². The average molecular weight is 213 g/mol. The van der Waals surface area contributed by atoms with E-state index < -0.39 is 0 Å². The molecule has 0 spiro atoms. The Balaban J connectivity index is 1.66. The van der Waals surface area contributed by atoms with Crippen LogP contribution in [0.15, 0.2) is 0 Å². The molecule has 0 aromatic carbocycles. The van der Waals surface area contributed by atoms with Crippen molar-refractivity contribution in [2.75, 3.05) is 26.4 Å². The summed E-state index contributed by atoms with van der Waals surface area (Å²) in [6, 6.07) is 0. The molecule has 86 valence electrons. The van der Waals surface area contributed by atoms with Crippen LogP contribution in [0.1, 0.15) is 25.7 Å². The van der Waals surface area contributed by atoms with Crippen LogP contribution in [0.2, 0.25) is 0 Å². The zero-order valence-electron chi connectivity index (χ0n) is 9.04. The number of ether oxygens (including phenoxy) is 2. The molecule has 15 heavy (non-hydrogen) atoms. The van der Waals surface area contributed by atoms with Crippen molar-refractivity contribution >= 4 is 5.91 Å². The summed E-state index contributed by atoms with van der Waals surface area (Å²) < 4.78 is 10.7. The van der Waals surface area contributed by atoms with Crippen molar-refractivity contribution in [2.24, 2.45) is 5.92 Å². The SMILES string of the molecule is O=C(NCC1CCCO1)C1CCOCC1. The molecule has 0 saturated carbocycles. The van der Waals surface area contributed by atoms with E-state index in [-0.39, 0.29) is 17.9 Å². The lowest BCUT2D eigenvalue weighted by molar-refractivity contribution is -0.128. The third kappa shape index (κ3) is 3.18. The molecule has 2 aliphatic heterocycles. The van der Waals surface area contributed by atoms with Crippen LogP contribution in [0.25, 0.3) is 0 Å². The molecule has 4 heteroatoms. The third-order valence-electron chi connectivity index (χ3n) is 3.12. The first kappa shape index (κ1) is 10.9. The molecular formula is C11H19NO3. The Bertz CT molecular complexity index is 208. The van der Waals surface area contributed by atoms with E-state index in [1.807, 2.05) is 0 Å². The van der Waals surface area contributed by atoms with Gasteiger partial charge >= 0.3 is 0 Å². The standard InChI is InChI=1S/C11H19NO3/c13-11(9-3-6-14-7-4-9)12-8-10-2-1-5-15-10/h9-10H,1-8H2,(H,12,13). The topological polar surface area (TPSA) is 47.6 Å². The highest BCUT2D eigenvalue weighted by molar-refractivity contribution is 5.78. The van der Waals surface area contributed by atoms with Gasteiger partial charge in [0.15, 0.2) is 0 Å². The van der Waals surface area contributed by atoms with E-state index in [1.54, 1.807) is 0 Å². The summed E-state index contributed by atoms with van der Waals surface area (Å²) in [5.74, 6) is 0.328. The molecule has 0 aromatic heterocycles. The van der Waals surface area contributed by atoms with E-state index in [4.69, 9.17) is 9.47 Å². The maximum atomic E-state index is 11.7. The van der Waals surface area contributed by atoms with Gasteiger partial charge in [-0.3, -0.25) is 4.79 Å². The highest BCUT2D eigenvalue weighted by Crippen LogP contribution is 2.15. The maximum absolute atomic E-state index is 11.7. The molecule has 2 aliphatic rings. The van der Waals surface area contributed by atoms with Gasteiger partial charge in [0.1, 0.15) is 0 Å². The molecule has 1 atom stereocenters. The number of hydrogen-bond acceptors (Lipinski definition) is 3. The fourth-order valence-corrected chi connectivity index (χ4v) is 2.12. The van der Waals surface area contributed by atoms with Crippen LogP contribution >= 0.6 is 0 Å². The van der Waals surface area contributed by atoms with Gasteiger partial charge < -0.3 is 14.8 Å². The highest BCUT2D eigenvalue weighted by Gasteiger charge is 2.23. The number of rotatable bonds is 3. The molecule has 2 rings (SSSR count). The van der Waals surface area contributed by atoms with E-state index in [2.05, 4.69) is 5.32 Å². The number of hydrogen-bond donors (Lipinski definition) is 1. The van der Waals surface area contributed by atoms with E-state index in [0.29, 0.717) is 6.54 Å².